The molecule has 6 nitrogen and oxygen atoms in total. The van der Waals surface area contributed by atoms with Gasteiger partial charge in [-0.05, 0) is 43.3 Å². The topological polar surface area (TPSA) is 76.6 Å². The van der Waals surface area contributed by atoms with Gasteiger partial charge in [-0.3, -0.25) is 0 Å². The Bertz CT molecular complexity index is 1680. The molecule has 5 rings (SSSR count). The molecule has 0 fully saturated rings. The Labute approximate surface area is 237 Å². The number of sulfone groups is 1. The number of para-hydroxylation sites is 2. The van der Waals surface area contributed by atoms with Crippen molar-refractivity contribution in [2.24, 2.45) is 0 Å². The second kappa shape index (κ2) is 12.1. The first-order valence-electron chi connectivity index (χ1n) is 12.6. The Hall–Kier alpha value is -4.53. The highest BCUT2D eigenvalue weighted by molar-refractivity contribution is 7.94. The van der Waals surface area contributed by atoms with E-state index < -0.39 is 15.8 Å². The van der Waals surface area contributed by atoms with Crippen LogP contribution in [0.4, 0.5) is 16.4 Å². The molecule has 0 aliphatic heterocycles. The molecule has 0 atom stereocenters. The van der Waals surface area contributed by atoms with Crippen LogP contribution in [0.3, 0.4) is 0 Å². The fourth-order valence-corrected chi connectivity index (χ4v) is 6.21. The summed E-state index contributed by atoms with van der Waals surface area (Å²) >= 11 is 1.53. The molecule has 40 heavy (non-hydrogen) atoms. The van der Waals surface area contributed by atoms with Crippen LogP contribution in [-0.4, -0.2) is 26.0 Å². The number of aromatic nitrogens is 1. The summed E-state index contributed by atoms with van der Waals surface area (Å²) in [7, 11) is -3.81. The number of thiazole rings is 1. The fourth-order valence-electron chi connectivity index (χ4n) is 4.11. The summed E-state index contributed by atoms with van der Waals surface area (Å²) in [4.78, 5) is 18.9. The first-order chi connectivity index (χ1) is 19.5. The normalized spacial score (nSPS) is 11.4. The molecular formula is C32H26N2O4S2. The quantitative estimate of drug-likeness (QED) is 0.134. The highest BCUT2D eigenvalue weighted by atomic mass is 32.2. The van der Waals surface area contributed by atoms with Crippen LogP contribution in [0.15, 0.2) is 132 Å². The van der Waals surface area contributed by atoms with Crippen LogP contribution in [0.5, 0.6) is 0 Å². The van der Waals surface area contributed by atoms with E-state index in [9.17, 15) is 13.2 Å². The summed E-state index contributed by atoms with van der Waals surface area (Å²) in [6.45, 7) is 1.83. The van der Waals surface area contributed by atoms with Crippen molar-refractivity contribution in [1.82, 2.24) is 4.98 Å². The third-order valence-electron chi connectivity index (χ3n) is 5.99. The Morgan fingerprint density at radius 2 is 1.35 bits per heavy atom. The summed E-state index contributed by atoms with van der Waals surface area (Å²) in [6.07, 6.45) is 0.924. The first-order valence-corrected chi connectivity index (χ1v) is 15.0. The van der Waals surface area contributed by atoms with Gasteiger partial charge in [-0.2, -0.15) is 0 Å². The molecule has 0 aliphatic rings. The highest BCUT2D eigenvalue weighted by Gasteiger charge is 2.23. The molecule has 5 aromatic rings. The number of anilines is 3. The van der Waals surface area contributed by atoms with Crippen molar-refractivity contribution in [1.29, 1.82) is 0 Å². The monoisotopic (exact) mass is 566 g/mol. The molecule has 4 aromatic carbocycles. The van der Waals surface area contributed by atoms with Crippen LogP contribution in [-0.2, 0) is 19.4 Å². The fraction of sp³-hybridized carbons (Fsp3) is 0.0625. The SMILES string of the molecule is CCOC(=O)/C=C/S(=O)(=O)c1ccc(-c2nc(-c3ccccc3)c(N(c3ccccc3)c3ccccc3)s2)cc1. The van der Waals surface area contributed by atoms with E-state index in [0.29, 0.717) is 0 Å². The predicted molar refractivity (Wildman–Crippen MR) is 161 cm³/mol. The molecule has 1 aromatic heterocycles. The molecule has 0 saturated heterocycles. The summed E-state index contributed by atoms with van der Waals surface area (Å²) in [6, 6.07) is 36.7. The molecule has 0 amide bonds. The first kappa shape index (κ1) is 27.1. The van der Waals surface area contributed by atoms with Gasteiger partial charge in [-0.1, -0.05) is 90.2 Å². The van der Waals surface area contributed by atoms with Crippen LogP contribution >= 0.6 is 11.3 Å². The molecular weight excluding hydrogens is 540 g/mol. The predicted octanol–water partition coefficient (Wildman–Crippen LogP) is 7.80. The molecule has 0 radical (unpaired) electrons. The minimum absolute atomic E-state index is 0.0760. The van der Waals surface area contributed by atoms with Gasteiger partial charge in [-0.25, -0.2) is 18.2 Å². The van der Waals surface area contributed by atoms with Crippen LogP contribution in [0.2, 0.25) is 0 Å². The van der Waals surface area contributed by atoms with Gasteiger partial charge in [-0.15, -0.1) is 0 Å². The maximum absolute atomic E-state index is 12.7. The number of hydrogen-bond acceptors (Lipinski definition) is 7. The Kier molecular flexibility index (Phi) is 8.19. The van der Waals surface area contributed by atoms with Crippen LogP contribution in [0.25, 0.3) is 21.8 Å². The van der Waals surface area contributed by atoms with E-state index in [1.807, 2.05) is 66.7 Å². The lowest BCUT2D eigenvalue weighted by Crippen LogP contribution is -2.09. The average Bonchev–Trinajstić information content (AvgIpc) is 3.43. The number of ether oxygens (including phenoxy) is 1. The van der Waals surface area contributed by atoms with Crippen molar-refractivity contribution < 1.29 is 17.9 Å². The summed E-state index contributed by atoms with van der Waals surface area (Å²) in [5, 5.41) is 2.55. The van der Waals surface area contributed by atoms with Crippen molar-refractivity contribution in [3.8, 4) is 21.8 Å². The number of hydrogen-bond donors (Lipinski definition) is 0. The molecule has 0 aliphatic carbocycles. The van der Waals surface area contributed by atoms with E-state index in [2.05, 4.69) is 29.2 Å². The third-order valence-corrected chi connectivity index (χ3v) is 8.50. The standard InChI is InChI=1S/C32H26N2O4S2/c1-2-38-29(35)22-23-40(36,37)28-20-18-25(19-21-28)31-33-30(24-12-6-3-7-13-24)32(39-31)34(26-14-8-4-9-15-26)27-16-10-5-11-17-27/h3-23H,2H2,1H3/b23-22+. The molecule has 1 heterocycles. The molecule has 0 unspecified atom stereocenters. The molecule has 8 heteroatoms. The minimum atomic E-state index is -3.81. The minimum Gasteiger partial charge on any atom is -0.463 e. The van der Waals surface area contributed by atoms with E-state index >= 15 is 0 Å². The Balaban J connectivity index is 1.58. The number of esters is 1. The Morgan fingerprint density at radius 1 is 0.800 bits per heavy atom. The maximum Gasteiger partial charge on any atom is 0.331 e. The summed E-state index contributed by atoms with van der Waals surface area (Å²) in [5.74, 6) is -0.701. The van der Waals surface area contributed by atoms with Crippen molar-refractivity contribution >= 4 is 43.5 Å². The average molecular weight is 567 g/mol. The molecule has 0 N–H and O–H groups in total. The van der Waals surface area contributed by atoms with E-state index in [0.717, 1.165) is 49.7 Å². The molecule has 200 valence electrons. The lowest BCUT2D eigenvalue weighted by Gasteiger charge is -2.24. The smallest absolute Gasteiger partial charge is 0.331 e. The molecule has 0 saturated carbocycles. The summed E-state index contributed by atoms with van der Waals surface area (Å²) in [5.41, 5.74) is 4.57. The van der Waals surface area contributed by atoms with E-state index in [4.69, 9.17) is 9.72 Å². The number of carbonyl (C=O) groups is 1. The maximum atomic E-state index is 12.7. The van der Waals surface area contributed by atoms with Gasteiger partial charge >= 0.3 is 5.97 Å². The van der Waals surface area contributed by atoms with Gasteiger partial charge in [0.25, 0.3) is 0 Å². The molecule has 0 bridgehead atoms. The number of carbonyl (C=O) groups excluding carboxylic acids is 1. The van der Waals surface area contributed by atoms with Gasteiger partial charge in [0.1, 0.15) is 15.7 Å². The van der Waals surface area contributed by atoms with Crippen LogP contribution < -0.4 is 4.90 Å². The highest BCUT2D eigenvalue weighted by Crippen LogP contribution is 2.46. The van der Waals surface area contributed by atoms with Gasteiger partial charge in [0.05, 0.1) is 11.5 Å². The largest absolute Gasteiger partial charge is 0.463 e. The van der Waals surface area contributed by atoms with Gasteiger partial charge < -0.3 is 9.64 Å². The second-order valence-corrected chi connectivity index (χ2v) is 11.5. The van der Waals surface area contributed by atoms with E-state index in [-0.39, 0.29) is 11.5 Å². The van der Waals surface area contributed by atoms with Crippen molar-refractivity contribution in [2.45, 2.75) is 11.8 Å². The number of rotatable bonds is 9. The van der Waals surface area contributed by atoms with Gasteiger partial charge in [0, 0.05) is 34.0 Å². The van der Waals surface area contributed by atoms with E-state index in [1.165, 1.54) is 23.5 Å². The van der Waals surface area contributed by atoms with Gasteiger partial charge in [0.2, 0.25) is 0 Å². The number of nitrogens with zero attached hydrogens (tertiary/aromatic N) is 2. The van der Waals surface area contributed by atoms with Crippen molar-refractivity contribution in [3.63, 3.8) is 0 Å². The number of benzene rings is 4. The van der Waals surface area contributed by atoms with E-state index in [1.54, 1.807) is 19.1 Å². The lowest BCUT2D eigenvalue weighted by molar-refractivity contribution is -0.137. The zero-order chi connectivity index (χ0) is 28.0. The van der Waals surface area contributed by atoms with Gasteiger partial charge in [0.15, 0.2) is 9.84 Å². The van der Waals surface area contributed by atoms with Crippen LogP contribution in [0.1, 0.15) is 6.92 Å². The van der Waals surface area contributed by atoms with Crippen molar-refractivity contribution in [3.05, 3.63) is 127 Å². The third kappa shape index (κ3) is 6.03. The van der Waals surface area contributed by atoms with Crippen molar-refractivity contribution in [2.75, 3.05) is 11.5 Å². The zero-order valence-electron chi connectivity index (χ0n) is 21.7. The summed E-state index contributed by atoms with van der Waals surface area (Å²) < 4.78 is 30.2. The Morgan fingerprint density at radius 3 is 1.90 bits per heavy atom. The molecule has 0 spiro atoms. The second-order valence-electron chi connectivity index (χ2n) is 8.67. The van der Waals surface area contributed by atoms with Crippen LogP contribution in [0, 0.1) is 0 Å². The lowest BCUT2D eigenvalue weighted by atomic mass is 10.1. The zero-order valence-corrected chi connectivity index (χ0v) is 23.3.